The molecule has 0 aromatic heterocycles. The molecule has 0 saturated heterocycles. The van der Waals surface area contributed by atoms with Gasteiger partial charge in [-0.15, -0.1) is 0 Å². The fraction of sp³-hybridized carbons (Fsp3) is 0.160. The smallest absolute Gasteiger partial charge is 0.255 e. The summed E-state index contributed by atoms with van der Waals surface area (Å²) in [5.74, 6) is 0.468. The molecule has 8 heteroatoms. The monoisotopic (exact) mass is 445 g/mol. The maximum absolute atomic E-state index is 12.6. The van der Waals surface area contributed by atoms with Crippen molar-refractivity contribution in [2.45, 2.75) is 6.42 Å². The van der Waals surface area contributed by atoms with Crippen LogP contribution in [0.2, 0.25) is 0 Å². The van der Waals surface area contributed by atoms with Gasteiger partial charge >= 0.3 is 0 Å². The third-order valence-corrected chi connectivity index (χ3v) is 5.11. The molecule has 0 spiro atoms. The SMILES string of the molecule is COc1ccc(NC(=O)c2ccc(NC(=O)CN3C(=O)CCOc4ccccc43)cc2)cc1. The van der Waals surface area contributed by atoms with Crippen LogP contribution in [0.4, 0.5) is 17.1 Å². The second-order valence-electron chi connectivity index (χ2n) is 7.35. The third kappa shape index (κ3) is 5.30. The van der Waals surface area contributed by atoms with Crippen LogP contribution in [0.3, 0.4) is 0 Å². The fourth-order valence-corrected chi connectivity index (χ4v) is 3.42. The highest BCUT2D eigenvalue weighted by atomic mass is 16.5. The predicted octanol–water partition coefficient (Wildman–Crippen LogP) is 3.70. The average Bonchev–Trinajstić information content (AvgIpc) is 2.98. The highest BCUT2D eigenvalue weighted by Crippen LogP contribution is 2.30. The zero-order valence-electron chi connectivity index (χ0n) is 18.0. The number of hydrogen-bond donors (Lipinski definition) is 2. The number of benzene rings is 3. The molecular weight excluding hydrogens is 422 g/mol. The Bertz CT molecular complexity index is 1160. The van der Waals surface area contributed by atoms with Gasteiger partial charge in [0.1, 0.15) is 18.0 Å². The van der Waals surface area contributed by atoms with E-state index in [1.165, 1.54) is 4.90 Å². The predicted molar refractivity (Wildman–Crippen MR) is 125 cm³/mol. The average molecular weight is 445 g/mol. The van der Waals surface area contributed by atoms with E-state index in [1.54, 1.807) is 73.8 Å². The van der Waals surface area contributed by atoms with Crippen molar-refractivity contribution in [3.63, 3.8) is 0 Å². The number of rotatable bonds is 6. The quantitative estimate of drug-likeness (QED) is 0.603. The summed E-state index contributed by atoms with van der Waals surface area (Å²) < 4.78 is 10.7. The van der Waals surface area contributed by atoms with E-state index in [-0.39, 0.29) is 37.3 Å². The largest absolute Gasteiger partial charge is 0.497 e. The number of fused-ring (bicyclic) bond motifs is 1. The van der Waals surface area contributed by atoms with Crippen molar-refractivity contribution in [1.29, 1.82) is 0 Å². The van der Waals surface area contributed by atoms with Gasteiger partial charge in [-0.3, -0.25) is 19.3 Å². The fourth-order valence-electron chi connectivity index (χ4n) is 3.42. The number of hydrogen-bond acceptors (Lipinski definition) is 5. The van der Waals surface area contributed by atoms with Crippen LogP contribution in [0, 0.1) is 0 Å². The van der Waals surface area contributed by atoms with Gasteiger partial charge in [-0.25, -0.2) is 0 Å². The Morgan fingerprint density at radius 3 is 2.33 bits per heavy atom. The maximum atomic E-state index is 12.6. The number of para-hydroxylation sites is 2. The summed E-state index contributed by atoms with van der Waals surface area (Å²) >= 11 is 0. The first kappa shape index (κ1) is 21.9. The first-order chi connectivity index (χ1) is 16.0. The lowest BCUT2D eigenvalue weighted by molar-refractivity contribution is -0.121. The molecule has 1 aliphatic rings. The van der Waals surface area contributed by atoms with E-state index in [1.807, 2.05) is 6.07 Å². The van der Waals surface area contributed by atoms with E-state index in [2.05, 4.69) is 10.6 Å². The van der Waals surface area contributed by atoms with Crippen LogP contribution in [0.25, 0.3) is 0 Å². The van der Waals surface area contributed by atoms with Crippen LogP contribution in [0.15, 0.2) is 72.8 Å². The molecule has 0 saturated carbocycles. The summed E-state index contributed by atoms with van der Waals surface area (Å²) in [4.78, 5) is 39.0. The third-order valence-electron chi connectivity index (χ3n) is 5.11. The minimum atomic E-state index is -0.351. The topological polar surface area (TPSA) is 97.0 Å². The lowest BCUT2D eigenvalue weighted by atomic mass is 10.2. The standard InChI is InChI=1S/C25H23N3O5/c1-32-20-12-10-19(11-13-20)27-25(31)17-6-8-18(9-7-17)26-23(29)16-28-21-4-2-3-5-22(21)33-15-14-24(28)30/h2-13H,14-16H2,1H3,(H,26,29)(H,27,31). The first-order valence-electron chi connectivity index (χ1n) is 10.4. The molecule has 0 atom stereocenters. The second-order valence-corrected chi connectivity index (χ2v) is 7.35. The molecule has 1 heterocycles. The van der Waals surface area contributed by atoms with Crippen LogP contribution in [0.1, 0.15) is 16.8 Å². The van der Waals surface area contributed by atoms with Crippen molar-refractivity contribution in [3.8, 4) is 11.5 Å². The molecular formula is C25H23N3O5. The highest BCUT2D eigenvalue weighted by molar-refractivity contribution is 6.05. The Morgan fingerprint density at radius 1 is 0.939 bits per heavy atom. The van der Waals surface area contributed by atoms with Gasteiger partial charge in [-0.2, -0.15) is 0 Å². The molecule has 1 aliphatic heterocycles. The van der Waals surface area contributed by atoms with Gasteiger partial charge < -0.3 is 20.1 Å². The minimum Gasteiger partial charge on any atom is -0.497 e. The van der Waals surface area contributed by atoms with Crippen molar-refractivity contribution >= 4 is 34.8 Å². The Balaban J connectivity index is 1.38. The summed E-state index contributed by atoms with van der Waals surface area (Å²) in [7, 11) is 1.58. The zero-order chi connectivity index (χ0) is 23.2. The van der Waals surface area contributed by atoms with Gasteiger partial charge in [-0.05, 0) is 60.7 Å². The highest BCUT2D eigenvalue weighted by Gasteiger charge is 2.25. The number of anilines is 3. The Morgan fingerprint density at radius 2 is 1.61 bits per heavy atom. The lowest BCUT2D eigenvalue weighted by Crippen LogP contribution is -2.37. The molecule has 8 nitrogen and oxygen atoms in total. The Labute approximate surface area is 191 Å². The zero-order valence-corrected chi connectivity index (χ0v) is 18.0. The molecule has 0 fully saturated rings. The molecule has 33 heavy (non-hydrogen) atoms. The van der Waals surface area contributed by atoms with Gasteiger partial charge in [-0.1, -0.05) is 12.1 Å². The van der Waals surface area contributed by atoms with Crippen LogP contribution in [0.5, 0.6) is 11.5 Å². The van der Waals surface area contributed by atoms with Gasteiger partial charge in [0, 0.05) is 16.9 Å². The Hall–Kier alpha value is -4.33. The number of ether oxygens (including phenoxy) is 2. The van der Waals surface area contributed by atoms with E-state index < -0.39 is 0 Å². The number of carbonyl (C=O) groups excluding carboxylic acids is 3. The summed E-state index contributed by atoms with van der Waals surface area (Å²) in [5, 5.41) is 5.58. The van der Waals surface area contributed by atoms with E-state index in [9.17, 15) is 14.4 Å². The van der Waals surface area contributed by atoms with Crippen molar-refractivity contribution < 1.29 is 23.9 Å². The number of carbonyl (C=O) groups is 3. The number of nitrogens with one attached hydrogen (secondary N) is 2. The van der Waals surface area contributed by atoms with Crippen molar-refractivity contribution in [3.05, 3.63) is 78.4 Å². The first-order valence-corrected chi connectivity index (χ1v) is 10.4. The van der Waals surface area contributed by atoms with Crippen molar-refractivity contribution in [2.24, 2.45) is 0 Å². The molecule has 3 aromatic carbocycles. The number of amides is 3. The second kappa shape index (κ2) is 9.86. The molecule has 0 unspecified atom stereocenters. The van der Waals surface area contributed by atoms with Crippen LogP contribution < -0.4 is 25.0 Å². The number of methoxy groups -OCH3 is 1. The molecule has 0 radical (unpaired) electrons. The van der Waals surface area contributed by atoms with Crippen LogP contribution >= 0.6 is 0 Å². The molecule has 168 valence electrons. The minimum absolute atomic E-state index is 0.140. The summed E-state index contributed by atoms with van der Waals surface area (Å²) in [6.07, 6.45) is 0.194. The Kier molecular flexibility index (Phi) is 6.54. The van der Waals surface area contributed by atoms with Crippen LogP contribution in [-0.2, 0) is 9.59 Å². The molecule has 0 aliphatic carbocycles. The van der Waals surface area contributed by atoms with Gasteiger partial charge in [0.2, 0.25) is 11.8 Å². The molecule has 3 amide bonds. The van der Waals surface area contributed by atoms with Gasteiger partial charge in [0.05, 0.1) is 25.8 Å². The van der Waals surface area contributed by atoms with E-state index in [0.717, 1.165) is 0 Å². The number of nitrogens with zero attached hydrogens (tertiary/aromatic N) is 1. The summed E-state index contributed by atoms with van der Waals surface area (Å²) in [6.45, 7) is 0.132. The van der Waals surface area contributed by atoms with Crippen LogP contribution in [-0.4, -0.2) is 38.0 Å². The molecule has 3 aromatic rings. The van der Waals surface area contributed by atoms with Crippen molar-refractivity contribution in [2.75, 3.05) is 35.8 Å². The van der Waals surface area contributed by atoms with E-state index in [4.69, 9.17) is 9.47 Å². The lowest BCUT2D eigenvalue weighted by Gasteiger charge is -2.21. The normalized spacial score (nSPS) is 12.8. The molecule has 2 N–H and O–H groups in total. The maximum Gasteiger partial charge on any atom is 0.255 e. The van der Waals surface area contributed by atoms with Gasteiger partial charge in [0.15, 0.2) is 0 Å². The van der Waals surface area contributed by atoms with E-state index in [0.29, 0.717) is 34.1 Å². The van der Waals surface area contributed by atoms with Gasteiger partial charge in [0.25, 0.3) is 5.91 Å². The molecule has 4 rings (SSSR count). The summed E-state index contributed by atoms with van der Waals surface area (Å²) in [5.41, 5.74) is 2.18. The van der Waals surface area contributed by atoms with E-state index >= 15 is 0 Å². The summed E-state index contributed by atoms with van der Waals surface area (Å²) in [6, 6.07) is 20.7. The van der Waals surface area contributed by atoms with Crippen molar-refractivity contribution in [1.82, 2.24) is 0 Å². The molecule has 0 bridgehead atoms.